The van der Waals surface area contributed by atoms with E-state index in [1.807, 2.05) is 0 Å². The minimum atomic E-state index is -1.16. The predicted octanol–water partition coefficient (Wildman–Crippen LogP) is 1.19. The Morgan fingerprint density at radius 1 is 1.27 bits per heavy atom. The van der Waals surface area contributed by atoms with Crippen LogP contribution in [0.3, 0.4) is 0 Å². The third kappa shape index (κ3) is 2.81. The summed E-state index contributed by atoms with van der Waals surface area (Å²) in [4.78, 5) is 30.5. The van der Waals surface area contributed by atoms with E-state index < -0.39 is 5.97 Å². The van der Waals surface area contributed by atoms with Crippen molar-refractivity contribution < 1.29 is 14.7 Å². The molecule has 4 heterocycles. The van der Waals surface area contributed by atoms with Gasteiger partial charge in [0.25, 0.3) is 0 Å². The molecule has 1 aliphatic heterocycles. The van der Waals surface area contributed by atoms with Crippen molar-refractivity contribution in [3.63, 3.8) is 0 Å². The summed E-state index contributed by atoms with van der Waals surface area (Å²) >= 11 is 0. The number of ketones is 1. The van der Waals surface area contributed by atoms with Crippen molar-refractivity contribution in [2.75, 3.05) is 18.0 Å². The molecule has 0 unspecified atom stereocenters. The van der Waals surface area contributed by atoms with Crippen LogP contribution in [0.25, 0.3) is 5.65 Å². The van der Waals surface area contributed by atoms with E-state index in [4.69, 9.17) is 0 Å². The molecular weight excluding hydrogens is 336 g/mol. The molecule has 0 atom stereocenters. The molecule has 0 saturated carbocycles. The summed E-state index contributed by atoms with van der Waals surface area (Å²) in [7, 11) is 1.56. The Balaban J connectivity index is 1.60. The number of aromatic carboxylic acids is 1. The molecule has 134 valence electrons. The molecule has 26 heavy (non-hydrogen) atoms. The quantitative estimate of drug-likeness (QED) is 0.686. The zero-order valence-corrected chi connectivity index (χ0v) is 14.3. The summed E-state index contributed by atoms with van der Waals surface area (Å²) in [5, 5.41) is 17.6. The lowest BCUT2D eigenvalue weighted by molar-refractivity contribution is 0.0691. The van der Waals surface area contributed by atoms with E-state index >= 15 is 0 Å². The molecule has 0 spiro atoms. The van der Waals surface area contributed by atoms with Gasteiger partial charge >= 0.3 is 5.97 Å². The first-order chi connectivity index (χ1) is 12.5. The SMILES string of the molecule is Cn1ncc(C(=O)O)c1C(=O)Cc1ccn2nc(N3CCCC3)nc2c1. The van der Waals surface area contributed by atoms with E-state index in [-0.39, 0.29) is 23.5 Å². The van der Waals surface area contributed by atoms with Crippen molar-refractivity contribution in [3.05, 3.63) is 41.3 Å². The van der Waals surface area contributed by atoms with Crippen LogP contribution in [0.15, 0.2) is 24.5 Å². The number of fused-ring (bicyclic) bond motifs is 1. The van der Waals surface area contributed by atoms with Crippen LogP contribution in [0.5, 0.6) is 0 Å². The third-order valence-corrected chi connectivity index (χ3v) is 4.58. The van der Waals surface area contributed by atoms with Crippen molar-refractivity contribution in [1.29, 1.82) is 0 Å². The Hall–Kier alpha value is -3.23. The molecule has 0 bridgehead atoms. The fraction of sp³-hybridized carbons (Fsp3) is 0.353. The van der Waals surface area contributed by atoms with E-state index in [0.717, 1.165) is 31.5 Å². The first-order valence-electron chi connectivity index (χ1n) is 8.41. The highest BCUT2D eigenvalue weighted by Crippen LogP contribution is 2.18. The van der Waals surface area contributed by atoms with Crippen LogP contribution in [0, 0.1) is 0 Å². The van der Waals surface area contributed by atoms with Crippen LogP contribution >= 0.6 is 0 Å². The van der Waals surface area contributed by atoms with Gasteiger partial charge in [0.05, 0.1) is 6.20 Å². The van der Waals surface area contributed by atoms with Gasteiger partial charge in [-0.15, -0.1) is 5.10 Å². The highest BCUT2D eigenvalue weighted by molar-refractivity contribution is 6.05. The fourth-order valence-electron chi connectivity index (χ4n) is 3.27. The zero-order valence-electron chi connectivity index (χ0n) is 14.3. The number of Topliss-reactive ketones (excluding diaryl/α,β-unsaturated/α-hetero) is 1. The molecule has 1 fully saturated rings. The maximum absolute atomic E-state index is 12.6. The van der Waals surface area contributed by atoms with E-state index in [1.54, 1.807) is 29.9 Å². The number of pyridine rings is 1. The monoisotopic (exact) mass is 354 g/mol. The number of aromatic nitrogens is 5. The summed E-state index contributed by atoms with van der Waals surface area (Å²) in [5.74, 6) is -0.763. The second-order valence-corrected chi connectivity index (χ2v) is 6.38. The first kappa shape index (κ1) is 16.2. The van der Waals surface area contributed by atoms with Crippen LogP contribution in [-0.2, 0) is 13.5 Å². The van der Waals surface area contributed by atoms with Crippen molar-refractivity contribution in [3.8, 4) is 0 Å². The Bertz CT molecular complexity index is 999. The topological polar surface area (TPSA) is 106 Å². The smallest absolute Gasteiger partial charge is 0.339 e. The van der Waals surface area contributed by atoms with Crippen LogP contribution < -0.4 is 4.90 Å². The van der Waals surface area contributed by atoms with Crippen molar-refractivity contribution in [2.45, 2.75) is 19.3 Å². The number of carbonyl (C=O) groups is 2. The number of aryl methyl sites for hydroxylation is 1. The van der Waals surface area contributed by atoms with Crippen LogP contribution in [0.2, 0.25) is 0 Å². The van der Waals surface area contributed by atoms with Crippen molar-refractivity contribution in [1.82, 2.24) is 24.4 Å². The number of carboxylic acids is 1. The molecule has 9 heteroatoms. The molecule has 0 aliphatic carbocycles. The summed E-state index contributed by atoms with van der Waals surface area (Å²) in [6.45, 7) is 1.92. The first-order valence-corrected chi connectivity index (χ1v) is 8.41. The minimum absolute atomic E-state index is 0.0716. The lowest BCUT2D eigenvalue weighted by Crippen LogP contribution is -2.19. The van der Waals surface area contributed by atoms with E-state index in [1.165, 1.54) is 10.9 Å². The standard InChI is InChI=1S/C17H18N6O3/c1-21-15(12(10-18-21)16(25)26)13(24)8-11-4-7-23-14(9-11)19-17(20-23)22-5-2-3-6-22/h4,7,9-10H,2-3,5-6,8H2,1H3,(H,25,26). The Morgan fingerprint density at radius 2 is 2.04 bits per heavy atom. The largest absolute Gasteiger partial charge is 0.478 e. The number of anilines is 1. The molecular formula is C17H18N6O3. The average Bonchev–Trinajstić information content (AvgIpc) is 3.32. The third-order valence-electron chi connectivity index (χ3n) is 4.58. The van der Waals surface area contributed by atoms with Gasteiger partial charge in [-0.1, -0.05) is 0 Å². The van der Waals surface area contributed by atoms with Gasteiger partial charge < -0.3 is 10.0 Å². The lowest BCUT2D eigenvalue weighted by atomic mass is 10.1. The second kappa shape index (κ2) is 6.25. The van der Waals surface area contributed by atoms with Gasteiger partial charge in [0, 0.05) is 32.8 Å². The van der Waals surface area contributed by atoms with Crippen LogP contribution in [0.1, 0.15) is 39.3 Å². The van der Waals surface area contributed by atoms with Gasteiger partial charge in [0.15, 0.2) is 11.4 Å². The summed E-state index contributed by atoms with van der Waals surface area (Å²) in [5.41, 5.74) is 1.43. The van der Waals surface area contributed by atoms with Crippen LogP contribution in [0.4, 0.5) is 5.95 Å². The number of hydrogen-bond donors (Lipinski definition) is 1. The molecule has 9 nitrogen and oxygen atoms in total. The average molecular weight is 354 g/mol. The van der Waals surface area contributed by atoms with E-state index in [9.17, 15) is 14.7 Å². The van der Waals surface area contributed by atoms with Crippen molar-refractivity contribution >= 4 is 23.3 Å². The van der Waals surface area contributed by atoms with Crippen molar-refractivity contribution in [2.24, 2.45) is 7.05 Å². The maximum Gasteiger partial charge on any atom is 0.339 e. The van der Waals surface area contributed by atoms with Gasteiger partial charge in [0.2, 0.25) is 5.95 Å². The molecule has 3 aromatic heterocycles. The highest BCUT2D eigenvalue weighted by atomic mass is 16.4. The Labute approximate surface area is 148 Å². The number of hydrogen-bond acceptors (Lipinski definition) is 6. The molecule has 4 rings (SSSR count). The van der Waals surface area contributed by atoms with Gasteiger partial charge in [-0.25, -0.2) is 9.31 Å². The zero-order chi connectivity index (χ0) is 18.3. The Morgan fingerprint density at radius 3 is 2.77 bits per heavy atom. The van der Waals surface area contributed by atoms with Gasteiger partial charge in [-0.2, -0.15) is 10.1 Å². The van der Waals surface area contributed by atoms with E-state index in [2.05, 4.69) is 20.1 Å². The van der Waals surface area contributed by atoms with Crippen LogP contribution in [-0.4, -0.2) is 54.3 Å². The normalized spacial score (nSPS) is 14.3. The molecule has 1 N–H and O–H groups in total. The van der Waals surface area contributed by atoms with Gasteiger partial charge in [-0.3, -0.25) is 9.48 Å². The minimum Gasteiger partial charge on any atom is -0.478 e. The molecule has 0 radical (unpaired) electrons. The lowest BCUT2D eigenvalue weighted by Gasteiger charge is -2.10. The highest BCUT2D eigenvalue weighted by Gasteiger charge is 2.22. The molecule has 3 aromatic rings. The van der Waals surface area contributed by atoms with Gasteiger partial charge in [0.1, 0.15) is 11.3 Å². The summed E-state index contributed by atoms with van der Waals surface area (Å²) in [6.07, 6.45) is 5.32. The number of carbonyl (C=O) groups excluding carboxylic acids is 1. The molecule has 1 saturated heterocycles. The fourth-order valence-corrected chi connectivity index (χ4v) is 3.27. The second-order valence-electron chi connectivity index (χ2n) is 6.38. The molecule has 0 amide bonds. The Kier molecular flexibility index (Phi) is 3.90. The number of carboxylic acid groups (broad SMARTS) is 1. The summed E-state index contributed by atoms with van der Waals surface area (Å²) in [6, 6.07) is 3.60. The predicted molar refractivity (Wildman–Crippen MR) is 92.6 cm³/mol. The number of nitrogens with zero attached hydrogens (tertiary/aromatic N) is 6. The number of rotatable bonds is 5. The summed E-state index contributed by atoms with van der Waals surface area (Å²) < 4.78 is 2.99. The maximum atomic E-state index is 12.6. The molecule has 0 aromatic carbocycles. The van der Waals surface area contributed by atoms with Gasteiger partial charge in [-0.05, 0) is 30.5 Å². The van der Waals surface area contributed by atoms with E-state index in [0.29, 0.717) is 11.6 Å². The molecule has 1 aliphatic rings.